The van der Waals surface area contributed by atoms with Crippen LogP contribution < -0.4 is 4.90 Å². The van der Waals surface area contributed by atoms with E-state index in [1.807, 2.05) is 4.90 Å². The third kappa shape index (κ3) is 2.48. The lowest BCUT2D eigenvalue weighted by atomic mass is 10.1. The highest BCUT2D eigenvalue weighted by Gasteiger charge is 2.30. The molecule has 2 aliphatic rings. The molecule has 3 rings (SSSR count). The Hall–Kier alpha value is -1.66. The molecule has 108 valence electrons. The van der Waals surface area contributed by atoms with Crippen LogP contribution in [0.25, 0.3) is 0 Å². The number of amides is 1. The number of ether oxygens (including phenoxy) is 1. The van der Waals surface area contributed by atoms with Gasteiger partial charge in [0, 0.05) is 31.7 Å². The molecular weight excluding hydrogens is 263 g/mol. The number of rotatable bonds is 2. The molecule has 0 spiro atoms. The quantitative estimate of drug-likeness (QED) is 0.856. The van der Waals surface area contributed by atoms with E-state index in [2.05, 4.69) is 0 Å². The minimum absolute atomic E-state index is 0.234. The van der Waals surface area contributed by atoms with Gasteiger partial charge < -0.3 is 19.6 Å². The van der Waals surface area contributed by atoms with Gasteiger partial charge in [0.15, 0.2) is 0 Å². The van der Waals surface area contributed by atoms with E-state index in [1.54, 1.807) is 12.1 Å². The van der Waals surface area contributed by atoms with Gasteiger partial charge in [-0.25, -0.2) is 4.39 Å². The number of hydrogen-bond acceptors (Lipinski definition) is 4. The number of morpholine rings is 1. The van der Waals surface area contributed by atoms with E-state index in [9.17, 15) is 14.3 Å². The highest BCUT2D eigenvalue weighted by Crippen LogP contribution is 2.23. The third-order valence-corrected chi connectivity index (χ3v) is 3.70. The Morgan fingerprint density at radius 3 is 2.60 bits per heavy atom. The molecule has 0 atom stereocenters. The minimum atomic E-state index is -0.448. The molecule has 0 aromatic heterocycles. The molecule has 0 saturated carbocycles. The molecule has 1 amide bonds. The molecule has 1 N–H and O–H groups in total. The zero-order valence-electron chi connectivity index (χ0n) is 11.1. The van der Waals surface area contributed by atoms with Gasteiger partial charge in [-0.05, 0) is 18.2 Å². The second-order valence-corrected chi connectivity index (χ2v) is 5.13. The molecule has 0 unspecified atom stereocenters. The first-order chi connectivity index (χ1) is 9.65. The number of β-amino-alcohol motifs (C(OH)–C–C–N with tert-alkyl or cyclic N) is 1. The summed E-state index contributed by atoms with van der Waals surface area (Å²) in [4.78, 5) is 15.5. The van der Waals surface area contributed by atoms with Crippen molar-refractivity contribution in [2.75, 3.05) is 44.3 Å². The topological polar surface area (TPSA) is 53.0 Å². The lowest BCUT2D eigenvalue weighted by molar-refractivity contribution is 0.00587. The summed E-state index contributed by atoms with van der Waals surface area (Å²) >= 11 is 0. The summed E-state index contributed by atoms with van der Waals surface area (Å²) < 4.78 is 19.4. The summed E-state index contributed by atoms with van der Waals surface area (Å²) in [6, 6.07) is 4.56. The normalized spacial score (nSPS) is 19.9. The molecule has 0 bridgehead atoms. The molecule has 2 fully saturated rings. The summed E-state index contributed by atoms with van der Waals surface area (Å²) in [7, 11) is 0. The van der Waals surface area contributed by atoms with Crippen molar-refractivity contribution in [3.05, 3.63) is 29.6 Å². The number of hydrogen-bond donors (Lipinski definition) is 1. The number of carbonyl (C=O) groups excluding carboxylic acids is 1. The van der Waals surface area contributed by atoms with E-state index < -0.39 is 6.10 Å². The van der Waals surface area contributed by atoms with Crippen LogP contribution >= 0.6 is 0 Å². The van der Waals surface area contributed by atoms with E-state index in [1.165, 1.54) is 11.0 Å². The zero-order valence-corrected chi connectivity index (χ0v) is 11.1. The molecule has 1 aromatic rings. The van der Waals surface area contributed by atoms with Gasteiger partial charge in [-0.1, -0.05) is 0 Å². The summed E-state index contributed by atoms with van der Waals surface area (Å²) in [5, 5.41) is 9.20. The van der Waals surface area contributed by atoms with E-state index in [0.29, 0.717) is 50.6 Å². The number of likely N-dealkylation sites (tertiary alicyclic amines) is 1. The van der Waals surface area contributed by atoms with Gasteiger partial charge in [0.1, 0.15) is 5.82 Å². The standard InChI is InChI=1S/C14H17FN2O3/c15-12-7-10(14(19)17-8-11(18)9-17)1-2-13(12)16-3-5-20-6-4-16/h1-2,7,11,18H,3-6,8-9H2. The van der Waals surface area contributed by atoms with Crippen LogP contribution in [0.3, 0.4) is 0 Å². The van der Waals surface area contributed by atoms with Crippen LogP contribution in [-0.4, -0.2) is 61.4 Å². The van der Waals surface area contributed by atoms with Crippen LogP contribution in [-0.2, 0) is 4.74 Å². The minimum Gasteiger partial charge on any atom is -0.389 e. The van der Waals surface area contributed by atoms with Gasteiger partial charge in [0.25, 0.3) is 5.91 Å². The van der Waals surface area contributed by atoms with Gasteiger partial charge >= 0.3 is 0 Å². The lowest BCUT2D eigenvalue weighted by Gasteiger charge is -2.36. The van der Waals surface area contributed by atoms with Crippen LogP contribution in [0.4, 0.5) is 10.1 Å². The van der Waals surface area contributed by atoms with Gasteiger partial charge in [-0.2, -0.15) is 0 Å². The summed E-state index contributed by atoms with van der Waals surface area (Å²) in [6.45, 7) is 3.14. The molecule has 0 radical (unpaired) electrons. The SMILES string of the molecule is O=C(c1ccc(N2CCOCC2)c(F)c1)N1CC(O)C1. The second kappa shape index (κ2) is 5.38. The Bertz CT molecular complexity index is 511. The molecule has 6 heteroatoms. The van der Waals surface area contributed by atoms with Crippen LogP contribution in [0.15, 0.2) is 18.2 Å². The number of carbonyl (C=O) groups is 1. The summed E-state index contributed by atoms with van der Waals surface area (Å²) in [5.41, 5.74) is 0.833. The van der Waals surface area contributed by atoms with Crippen molar-refractivity contribution in [1.82, 2.24) is 4.90 Å². The maximum absolute atomic E-state index is 14.2. The Morgan fingerprint density at radius 2 is 2.00 bits per heavy atom. The Balaban J connectivity index is 1.75. The van der Waals surface area contributed by atoms with Gasteiger partial charge in [-0.15, -0.1) is 0 Å². The highest BCUT2D eigenvalue weighted by atomic mass is 19.1. The summed E-state index contributed by atoms with van der Waals surface area (Å²) in [5.74, 6) is -0.624. The number of aliphatic hydroxyl groups is 1. The first kappa shape index (κ1) is 13.3. The first-order valence-electron chi connectivity index (χ1n) is 6.75. The monoisotopic (exact) mass is 280 g/mol. The van der Waals surface area contributed by atoms with Crippen molar-refractivity contribution in [2.24, 2.45) is 0 Å². The highest BCUT2D eigenvalue weighted by molar-refractivity contribution is 5.95. The molecule has 0 aliphatic carbocycles. The van der Waals surface area contributed by atoms with Crippen molar-refractivity contribution < 1.29 is 19.0 Å². The molecule has 2 heterocycles. The lowest BCUT2D eigenvalue weighted by Crippen LogP contribution is -2.53. The predicted octanol–water partition coefficient (Wildman–Crippen LogP) is 0.479. The average Bonchev–Trinajstić information content (AvgIpc) is 2.44. The summed E-state index contributed by atoms with van der Waals surface area (Å²) in [6.07, 6.45) is -0.448. The maximum Gasteiger partial charge on any atom is 0.254 e. The predicted molar refractivity (Wildman–Crippen MR) is 71.3 cm³/mol. The Kier molecular flexibility index (Phi) is 3.58. The fourth-order valence-corrected chi connectivity index (χ4v) is 2.50. The van der Waals surface area contributed by atoms with Gasteiger partial charge in [0.2, 0.25) is 0 Å². The molecule has 2 saturated heterocycles. The van der Waals surface area contributed by atoms with E-state index >= 15 is 0 Å². The van der Waals surface area contributed by atoms with E-state index in [0.717, 1.165) is 0 Å². The van der Waals surface area contributed by atoms with E-state index in [-0.39, 0.29) is 11.7 Å². The number of halogens is 1. The number of anilines is 1. The first-order valence-corrected chi connectivity index (χ1v) is 6.75. The second-order valence-electron chi connectivity index (χ2n) is 5.13. The number of aliphatic hydroxyl groups excluding tert-OH is 1. The largest absolute Gasteiger partial charge is 0.389 e. The van der Waals surface area contributed by atoms with Gasteiger partial charge in [-0.3, -0.25) is 4.79 Å². The Morgan fingerprint density at radius 1 is 1.30 bits per heavy atom. The number of benzene rings is 1. The van der Waals surface area contributed by atoms with Crippen LogP contribution in [0.5, 0.6) is 0 Å². The van der Waals surface area contributed by atoms with Crippen molar-refractivity contribution in [3.8, 4) is 0 Å². The van der Waals surface area contributed by atoms with Crippen LogP contribution in [0.1, 0.15) is 10.4 Å². The average molecular weight is 280 g/mol. The smallest absolute Gasteiger partial charge is 0.254 e. The van der Waals surface area contributed by atoms with E-state index in [4.69, 9.17) is 4.74 Å². The zero-order chi connectivity index (χ0) is 14.1. The maximum atomic E-state index is 14.2. The molecule has 2 aliphatic heterocycles. The molecule has 1 aromatic carbocycles. The van der Waals surface area contributed by atoms with Gasteiger partial charge in [0.05, 0.1) is 25.0 Å². The van der Waals surface area contributed by atoms with Crippen LogP contribution in [0.2, 0.25) is 0 Å². The van der Waals surface area contributed by atoms with Crippen molar-refractivity contribution >= 4 is 11.6 Å². The molecule has 20 heavy (non-hydrogen) atoms. The van der Waals surface area contributed by atoms with Crippen LogP contribution in [0, 0.1) is 5.82 Å². The molecular formula is C14H17FN2O3. The fraction of sp³-hybridized carbons (Fsp3) is 0.500. The molecule has 5 nitrogen and oxygen atoms in total. The van der Waals surface area contributed by atoms with Crippen molar-refractivity contribution in [1.29, 1.82) is 0 Å². The number of nitrogens with zero attached hydrogens (tertiary/aromatic N) is 2. The fourth-order valence-electron chi connectivity index (χ4n) is 2.50. The Labute approximate surface area is 116 Å². The van der Waals surface area contributed by atoms with Crippen molar-refractivity contribution in [2.45, 2.75) is 6.10 Å². The third-order valence-electron chi connectivity index (χ3n) is 3.70. The van der Waals surface area contributed by atoms with Crippen molar-refractivity contribution in [3.63, 3.8) is 0 Å².